The maximum Gasteiger partial charge on any atom is 0.417 e. The highest BCUT2D eigenvalue weighted by molar-refractivity contribution is 5.61. The molecule has 0 aliphatic carbocycles. The number of H-pyrrole nitrogens is 1. The second-order valence-electron chi connectivity index (χ2n) is 4.11. The molecule has 7 heteroatoms. The van der Waals surface area contributed by atoms with E-state index in [4.69, 9.17) is 0 Å². The molecule has 0 aliphatic heterocycles. The van der Waals surface area contributed by atoms with Gasteiger partial charge in [-0.3, -0.25) is 4.79 Å². The van der Waals surface area contributed by atoms with Crippen LogP contribution in [0.15, 0.2) is 29.1 Å². The maximum absolute atomic E-state index is 12.9. The molecule has 0 aliphatic rings. The zero-order valence-electron chi connectivity index (χ0n) is 10.5. The predicted molar refractivity (Wildman–Crippen MR) is 66.3 cm³/mol. The van der Waals surface area contributed by atoms with Gasteiger partial charge in [-0.1, -0.05) is 25.1 Å². The fraction of sp³-hybridized carbons (Fsp3) is 0.231. The number of aromatic amines is 1. The number of aromatic hydroxyl groups is 1. The number of halogens is 3. The summed E-state index contributed by atoms with van der Waals surface area (Å²) >= 11 is 0. The first kappa shape index (κ1) is 14.1. The molecule has 0 fully saturated rings. The van der Waals surface area contributed by atoms with Gasteiger partial charge < -0.3 is 10.1 Å². The Bertz CT molecular complexity index is 693. The van der Waals surface area contributed by atoms with E-state index in [9.17, 15) is 23.1 Å². The molecule has 1 aromatic carbocycles. The van der Waals surface area contributed by atoms with E-state index in [1.54, 1.807) is 6.92 Å². The summed E-state index contributed by atoms with van der Waals surface area (Å²) in [6.45, 7) is 1.63. The highest BCUT2D eigenvalue weighted by Crippen LogP contribution is 2.35. The number of benzene rings is 1. The molecule has 1 heterocycles. The number of hydrogen-bond donors (Lipinski definition) is 2. The van der Waals surface area contributed by atoms with Crippen LogP contribution in [0.2, 0.25) is 0 Å². The Hall–Kier alpha value is -2.31. The average molecular weight is 284 g/mol. The van der Waals surface area contributed by atoms with Gasteiger partial charge in [-0.25, -0.2) is 0 Å². The summed E-state index contributed by atoms with van der Waals surface area (Å²) in [6, 6.07) is 4.71. The molecule has 0 amide bonds. The van der Waals surface area contributed by atoms with Crippen LogP contribution in [0, 0.1) is 0 Å². The van der Waals surface area contributed by atoms with Crippen molar-refractivity contribution in [1.29, 1.82) is 0 Å². The lowest BCUT2D eigenvalue weighted by Crippen LogP contribution is -2.16. The lowest BCUT2D eigenvalue weighted by Gasteiger charge is -2.12. The van der Waals surface area contributed by atoms with Crippen molar-refractivity contribution in [2.75, 3.05) is 0 Å². The van der Waals surface area contributed by atoms with Crippen LogP contribution >= 0.6 is 0 Å². The summed E-state index contributed by atoms with van der Waals surface area (Å²) in [6.07, 6.45) is -4.34. The third kappa shape index (κ3) is 2.52. The van der Waals surface area contributed by atoms with Gasteiger partial charge in [0.15, 0.2) is 0 Å². The number of nitrogens with zero attached hydrogens (tertiary/aromatic N) is 1. The van der Waals surface area contributed by atoms with Crippen LogP contribution in [-0.2, 0) is 12.6 Å². The Morgan fingerprint density at radius 1 is 1.30 bits per heavy atom. The van der Waals surface area contributed by atoms with Crippen LogP contribution in [-0.4, -0.2) is 15.1 Å². The summed E-state index contributed by atoms with van der Waals surface area (Å²) in [7, 11) is 0. The number of rotatable bonds is 2. The van der Waals surface area contributed by atoms with Gasteiger partial charge in [-0.15, -0.1) is 0 Å². The molecule has 2 N–H and O–H groups in total. The lowest BCUT2D eigenvalue weighted by atomic mass is 10.1. The molecule has 0 saturated carbocycles. The van der Waals surface area contributed by atoms with Crippen LogP contribution in [0.3, 0.4) is 0 Å². The van der Waals surface area contributed by atoms with E-state index in [0.29, 0.717) is 0 Å². The summed E-state index contributed by atoms with van der Waals surface area (Å²) in [5.41, 5.74) is -1.81. The van der Waals surface area contributed by atoms with Gasteiger partial charge in [0.25, 0.3) is 5.56 Å². The Morgan fingerprint density at radius 2 is 1.95 bits per heavy atom. The van der Waals surface area contributed by atoms with Crippen molar-refractivity contribution >= 4 is 0 Å². The molecule has 0 atom stereocenters. The van der Waals surface area contributed by atoms with Gasteiger partial charge in [-0.2, -0.15) is 18.2 Å². The smallest absolute Gasteiger partial charge is 0.417 e. The molecular weight excluding hydrogens is 273 g/mol. The van der Waals surface area contributed by atoms with Crippen LogP contribution in [0.1, 0.15) is 18.1 Å². The van der Waals surface area contributed by atoms with E-state index in [1.807, 2.05) is 0 Å². The van der Waals surface area contributed by atoms with Gasteiger partial charge in [0.2, 0.25) is 5.88 Å². The highest BCUT2D eigenvalue weighted by Gasteiger charge is 2.34. The first-order chi connectivity index (χ1) is 9.34. The first-order valence-electron chi connectivity index (χ1n) is 5.83. The normalized spacial score (nSPS) is 11.6. The van der Waals surface area contributed by atoms with Crippen molar-refractivity contribution < 1.29 is 18.3 Å². The van der Waals surface area contributed by atoms with E-state index in [-0.39, 0.29) is 23.4 Å². The van der Waals surface area contributed by atoms with Crippen molar-refractivity contribution in [3.63, 3.8) is 0 Å². The first-order valence-corrected chi connectivity index (χ1v) is 5.83. The van der Waals surface area contributed by atoms with Gasteiger partial charge in [0.1, 0.15) is 5.82 Å². The molecule has 2 aromatic rings. The Kier molecular flexibility index (Phi) is 3.52. The van der Waals surface area contributed by atoms with E-state index in [2.05, 4.69) is 9.97 Å². The quantitative estimate of drug-likeness (QED) is 0.891. The third-order valence-corrected chi connectivity index (χ3v) is 2.83. The van der Waals surface area contributed by atoms with Crippen molar-refractivity contribution in [2.24, 2.45) is 0 Å². The lowest BCUT2D eigenvalue weighted by molar-refractivity contribution is -0.137. The SMILES string of the molecule is CCc1c(O)nc(-c2ccccc2C(F)(F)F)[nH]c1=O. The molecule has 0 unspecified atom stereocenters. The van der Waals surface area contributed by atoms with E-state index in [0.717, 1.165) is 6.07 Å². The summed E-state index contributed by atoms with van der Waals surface area (Å²) in [5.74, 6) is -0.860. The summed E-state index contributed by atoms with van der Waals surface area (Å²) in [4.78, 5) is 17.6. The summed E-state index contributed by atoms with van der Waals surface area (Å²) in [5, 5.41) is 9.61. The third-order valence-electron chi connectivity index (χ3n) is 2.83. The number of nitrogens with one attached hydrogen (secondary N) is 1. The molecule has 1 aromatic heterocycles. The Labute approximate surface area is 111 Å². The van der Waals surface area contributed by atoms with Gasteiger partial charge in [0.05, 0.1) is 11.1 Å². The van der Waals surface area contributed by atoms with Crippen LogP contribution < -0.4 is 5.56 Å². The van der Waals surface area contributed by atoms with Crippen molar-refractivity contribution in [3.05, 3.63) is 45.7 Å². The topological polar surface area (TPSA) is 66.0 Å². The second kappa shape index (κ2) is 4.99. The molecular formula is C13H11F3N2O2. The van der Waals surface area contributed by atoms with E-state index in [1.165, 1.54) is 18.2 Å². The zero-order chi connectivity index (χ0) is 14.9. The van der Waals surface area contributed by atoms with Gasteiger partial charge in [0, 0.05) is 5.56 Å². The highest BCUT2D eigenvalue weighted by atomic mass is 19.4. The van der Waals surface area contributed by atoms with Gasteiger partial charge in [-0.05, 0) is 12.5 Å². The minimum absolute atomic E-state index is 0.0400. The Morgan fingerprint density at radius 3 is 2.50 bits per heavy atom. The molecule has 4 nitrogen and oxygen atoms in total. The van der Waals surface area contributed by atoms with Crippen molar-refractivity contribution in [1.82, 2.24) is 9.97 Å². The molecule has 0 saturated heterocycles. The van der Waals surface area contributed by atoms with E-state index < -0.39 is 23.2 Å². The predicted octanol–water partition coefficient (Wildman–Crippen LogP) is 2.72. The maximum atomic E-state index is 12.9. The molecule has 0 bridgehead atoms. The molecule has 0 radical (unpaired) electrons. The Balaban J connectivity index is 2.68. The standard InChI is InChI=1S/C13H11F3N2O2/c1-2-7-11(19)17-10(18-12(7)20)8-5-3-4-6-9(8)13(14,15)16/h3-6H,2H2,1H3,(H2,17,18,19,20). The van der Waals surface area contributed by atoms with Crippen LogP contribution in [0.25, 0.3) is 11.4 Å². The van der Waals surface area contributed by atoms with Crippen LogP contribution in [0.4, 0.5) is 13.2 Å². The minimum atomic E-state index is -4.58. The molecule has 20 heavy (non-hydrogen) atoms. The monoisotopic (exact) mass is 284 g/mol. The number of aromatic nitrogens is 2. The number of hydrogen-bond acceptors (Lipinski definition) is 3. The number of alkyl halides is 3. The van der Waals surface area contributed by atoms with Crippen molar-refractivity contribution in [2.45, 2.75) is 19.5 Å². The fourth-order valence-electron chi connectivity index (χ4n) is 1.87. The largest absolute Gasteiger partial charge is 0.493 e. The second-order valence-corrected chi connectivity index (χ2v) is 4.11. The zero-order valence-corrected chi connectivity index (χ0v) is 10.5. The molecule has 2 rings (SSSR count). The van der Waals surface area contributed by atoms with Crippen molar-refractivity contribution in [3.8, 4) is 17.3 Å². The average Bonchev–Trinajstić information content (AvgIpc) is 2.37. The van der Waals surface area contributed by atoms with E-state index >= 15 is 0 Å². The molecule has 106 valence electrons. The fourth-order valence-corrected chi connectivity index (χ4v) is 1.87. The molecule has 0 spiro atoms. The minimum Gasteiger partial charge on any atom is -0.493 e. The summed E-state index contributed by atoms with van der Waals surface area (Å²) < 4.78 is 38.7. The van der Waals surface area contributed by atoms with Crippen LogP contribution in [0.5, 0.6) is 5.88 Å². The van der Waals surface area contributed by atoms with Gasteiger partial charge >= 0.3 is 6.18 Å².